The second kappa shape index (κ2) is 7.11. The lowest BCUT2D eigenvalue weighted by molar-refractivity contribution is 0.206. The molecule has 0 bridgehead atoms. The number of piperazine rings is 1. The summed E-state index contributed by atoms with van der Waals surface area (Å²) in [4.78, 5) is 7.48. The topological polar surface area (TPSA) is 38.4 Å². The van der Waals surface area contributed by atoms with Crippen LogP contribution in [-0.2, 0) is 0 Å². The molecular weight excluding hydrogens is 274 g/mol. The number of rotatable bonds is 6. The third-order valence-electron chi connectivity index (χ3n) is 4.75. The number of aromatic amines is 1. The maximum absolute atomic E-state index is 4.52. The molecule has 3 rings (SSSR count). The van der Waals surface area contributed by atoms with Gasteiger partial charge in [0.15, 0.2) is 5.82 Å². The van der Waals surface area contributed by atoms with Gasteiger partial charge in [0.05, 0.1) is 5.52 Å². The second-order valence-electron chi connectivity index (χ2n) is 5.95. The summed E-state index contributed by atoms with van der Waals surface area (Å²) in [6.07, 6.45) is 0. The van der Waals surface area contributed by atoms with Crippen LogP contribution in [0.2, 0.25) is 0 Å². The lowest BCUT2D eigenvalue weighted by Crippen LogP contribution is -2.48. The van der Waals surface area contributed by atoms with Crippen LogP contribution in [0.5, 0.6) is 0 Å². The molecule has 0 aliphatic carbocycles. The van der Waals surface area contributed by atoms with Gasteiger partial charge in [-0.1, -0.05) is 26.0 Å². The highest BCUT2D eigenvalue weighted by Gasteiger charge is 2.20. The molecule has 1 N–H and O–H groups in total. The van der Waals surface area contributed by atoms with Gasteiger partial charge >= 0.3 is 0 Å². The van der Waals surface area contributed by atoms with E-state index in [-0.39, 0.29) is 0 Å². The molecule has 120 valence electrons. The minimum Gasteiger partial charge on any atom is -0.352 e. The third kappa shape index (κ3) is 3.25. The van der Waals surface area contributed by atoms with Crippen LogP contribution in [0.4, 0.5) is 5.82 Å². The van der Waals surface area contributed by atoms with Gasteiger partial charge in [-0.3, -0.25) is 10.00 Å². The SMILES string of the molecule is CCN(CC)CCN1CCN(c2n[nH]c3ccccc23)CC1. The fourth-order valence-electron chi connectivity index (χ4n) is 3.20. The third-order valence-corrected chi connectivity index (χ3v) is 4.75. The highest BCUT2D eigenvalue weighted by atomic mass is 15.3. The number of likely N-dealkylation sites (N-methyl/N-ethyl adjacent to an activating group) is 1. The van der Waals surface area contributed by atoms with Gasteiger partial charge in [0.1, 0.15) is 0 Å². The van der Waals surface area contributed by atoms with Crippen LogP contribution in [0.15, 0.2) is 24.3 Å². The second-order valence-corrected chi connectivity index (χ2v) is 5.95. The van der Waals surface area contributed by atoms with Gasteiger partial charge in [0.2, 0.25) is 0 Å². The van der Waals surface area contributed by atoms with Gasteiger partial charge in [0.25, 0.3) is 0 Å². The Labute approximate surface area is 132 Å². The number of fused-ring (bicyclic) bond motifs is 1. The summed E-state index contributed by atoms with van der Waals surface area (Å²) in [6.45, 7) is 13.5. The van der Waals surface area contributed by atoms with Gasteiger partial charge in [0, 0.05) is 44.7 Å². The van der Waals surface area contributed by atoms with Crippen molar-refractivity contribution in [2.45, 2.75) is 13.8 Å². The Morgan fingerprint density at radius 2 is 1.82 bits per heavy atom. The first-order valence-corrected chi connectivity index (χ1v) is 8.44. The highest BCUT2D eigenvalue weighted by molar-refractivity contribution is 5.90. The van der Waals surface area contributed by atoms with Gasteiger partial charge in [-0.2, -0.15) is 5.10 Å². The summed E-state index contributed by atoms with van der Waals surface area (Å²) < 4.78 is 0. The molecular formula is C17H27N5. The van der Waals surface area contributed by atoms with Crippen molar-refractivity contribution in [2.75, 3.05) is 57.3 Å². The number of benzene rings is 1. The quantitative estimate of drug-likeness (QED) is 0.886. The Bertz CT molecular complexity index is 582. The van der Waals surface area contributed by atoms with Crippen LogP contribution >= 0.6 is 0 Å². The smallest absolute Gasteiger partial charge is 0.158 e. The highest BCUT2D eigenvalue weighted by Crippen LogP contribution is 2.24. The van der Waals surface area contributed by atoms with E-state index in [1.165, 1.54) is 18.5 Å². The summed E-state index contributed by atoms with van der Waals surface area (Å²) in [5.41, 5.74) is 1.13. The van der Waals surface area contributed by atoms with Crippen molar-refractivity contribution in [3.05, 3.63) is 24.3 Å². The number of aromatic nitrogens is 2. The van der Waals surface area contributed by atoms with Crippen LogP contribution in [-0.4, -0.2) is 72.4 Å². The Hall–Kier alpha value is -1.59. The van der Waals surface area contributed by atoms with E-state index < -0.39 is 0 Å². The summed E-state index contributed by atoms with van der Waals surface area (Å²) >= 11 is 0. The van der Waals surface area contributed by atoms with Crippen LogP contribution in [0, 0.1) is 0 Å². The number of nitrogens with one attached hydrogen (secondary N) is 1. The van der Waals surface area contributed by atoms with Crippen molar-refractivity contribution in [2.24, 2.45) is 0 Å². The summed E-state index contributed by atoms with van der Waals surface area (Å²) in [7, 11) is 0. The maximum atomic E-state index is 4.52. The first kappa shape index (κ1) is 15.3. The number of hydrogen-bond acceptors (Lipinski definition) is 4. The number of anilines is 1. The zero-order valence-electron chi connectivity index (χ0n) is 13.8. The predicted octanol–water partition coefficient (Wildman–Crippen LogP) is 2.03. The molecule has 1 fully saturated rings. The first-order chi connectivity index (χ1) is 10.8. The maximum Gasteiger partial charge on any atom is 0.158 e. The van der Waals surface area contributed by atoms with Crippen molar-refractivity contribution in [3.8, 4) is 0 Å². The molecule has 0 unspecified atom stereocenters. The average Bonchev–Trinajstić information content (AvgIpc) is 3.00. The molecule has 5 heteroatoms. The number of hydrogen-bond donors (Lipinski definition) is 1. The van der Waals surface area contributed by atoms with Gasteiger partial charge in [-0.15, -0.1) is 0 Å². The number of para-hydroxylation sites is 1. The fraction of sp³-hybridized carbons (Fsp3) is 0.588. The van der Waals surface area contributed by atoms with Crippen molar-refractivity contribution in [1.82, 2.24) is 20.0 Å². The van der Waals surface area contributed by atoms with Crippen LogP contribution < -0.4 is 4.90 Å². The normalized spacial score (nSPS) is 16.8. The van der Waals surface area contributed by atoms with E-state index in [0.717, 1.165) is 50.6 Å². The number of nitrogens with zero attached hydrogens (tertiary/aromatic N) is 4. The molecule has 1 aliphatic heterocycles. The largest absolute Gasteiger partial charge is 0.352 e. The molecule has 1 aromatic carbocycles. The Kier molecular flexibility index (Phi) is 4.95. The molecule has 5 nitrogen and oxygen atoms in total. The van der Waals surface area contributed by atoms with Crippen LogP contribution in [0.3, 0.4) is 0 Å². The molecule has 0 saturated carbocycles. The zero-order chi connectivity index (χ0) is 15.4. The molecule has 1 aromatic heterocycles. The van der Waals surface area contributed by atoms with E-state index >= 15 is 0 Å². The van der Waals surface area contributed by atoms with E-state index in [0.29, 0.717) is 0 Å². The molecule has 0 atom stereocenters. The summed E-state index contributed by atoms with van der Waals surface area (Å²) in [5.74, 6) is 1.11. The molecule has 0 amide bonds. The van der Waals surface area contributed by atoms with E-state index in [4.69, 9.17) is 0 Å². The Morgan fingerprint density at radius 3 is 2.55 bits per heavy atom. The molecule has 2 aromatic rings. The summed E-state index contributed by atoms with van der Waals surface area (Å²) in [5, 5.41) is 8.89. The first-order valence-electron chi connectivity index (χ1n) is 8.44. The molecule has 1 aliphatic rings. The standard InChI is InChI=1S/C17H27N5/c1-3-20(4-2)9-10-21-11-13-22(14-12-21)17-15-7-5-6-8-16(15)18-19-17/h5-8H,3-4,9-14H2,1-2H3,(H,18,19). The van der Waals surface area contributed by atoms with Crippen molar-refractivity contribution in [1.29, 1.82) is 0 Å². The lowest BCUT2D eigenvalue weighted by Gasteiger charge is -2.35. The lowest BCUT2D eigenvalue weighted by atomic mass is 10.2. The van der Waals surface area contributed by atoms with E-state index in [9.17, 15) is 0 Å². The van der Waals surface area contributed by atoms with Crippen molar-refractivity contribution < 1.29 is 0 Å². The molecule has 22 heavy (non-hydrogen) atoms. The predicted molar refractivity (Wildman–Crippen MR) is 92.5 cm³/mol. The monoisotopic (exact) mass is 301 g/mol. The Balaban J connectivity index is 1.55. The van der Waals surface area contributed by atoms with Gasteiger partial charge < -0.3 is 9.80 Å². The van der Waals surface area contributed by atoms with Gasteiger partial charge in [-0.25, -0.2) is 0 Å². The molecule has 2 heterocycles. The molecule has 1 saturated heterocycles. The fourth-order valence-corrected chi connectivity index (χ4v) is 3.20. The summed E-state index contributed by atoms with van der Waals surface area (Å²) in [6, 6.07) is 8.38. The minimum absolute atomic E-state index is 1.06. The van der Waals surface area contributed by atoms with E-state index in [2.05, 4.69) is 63.0 Å². The van der Waals surface area contributed by atoms with E-state index in [1.54, 1.807) is 0 Å². The van der Waals surface area contributed by atoms with Crippen LogP contribution in [0.1, 0.15) is 13.8 Å². The Morgan fingerprint density at radius 1 is 1.09 bits per heavy atom. The molecule has 0 radical (unpaired) electrons. The zero-order valence-corrected chi connectivity index (χ0v) is 13.8. The van der Waals surface area contributed by atoms with Gasteiger partial charge in [-0.05, 0) is 25.2 Å². The average molecular weight is 301 g/mol. The van der Waals surface area contributed by atoms with Crippen molar-refractivity contribution >= 4 is 16.7 Å². The van der Waals surface area contributed by atoms with Crippen molar-refractivity contribution in [3.63, 3.8) is 0 Å². The minimum atomic E-state index is 1.06. The van der Waals surface area contributed by atoms with Crippen LogP contribution in [0.25, 0.3) is 10.9 Å². The number of H-pyrrole nitrogens is 1. The molecule has 0 spiro atoms. The van der Waals surface area contributed by atoms with E-state index in [1.807, 2.05) is 0 Å².